The van der Waals surface area contributed by atoms with E-state index in [0.29, 0.717) is 11.3 Å². The van der Waals surface area contributed by atoms with Gasteiger partial charge in [-0.25, -0.2) is 4.79 Å². The van der Waals surface area contributed by atoms with Crippen LogP contribution < -0.4 is 5.63 Å². The molecular weight excluding hydrogens is 384 g/mol. The van der Waals surface area contributed by atoms with Gasteiger partial charge in [0.25, 0.3) is 0 Å². The molecule has 7 heteroatoms. The zero-order valence-electron chi connectivity index (χ0n) is 16.7. The van der Waals surface area contributed by atoms with Crippen molar-refractivity contribution in [3.63, 3.8) is 0 Å². The molecule has 0 saturated carbocycles. The lowest BCUT2D eigenvalue weighted by Gasteiger charge is -2.10. The lowest BCUT2D eigenvalue weighted by atomic mass is 10.0. The van der Waals surface area contributed by atoms with Crippen LogP contribution in [-0.4, -0.2) is 19.7 Å². The molecule has 0 aliphatic carbocycles. The fourth-order valence-corrected chi connectivity index (χ4v) is 4.24. The molecule has 0 radical (unpaired) electrons. The lowest BCUT2D eigenvalue weighted by molar-refractivity contribution is 0.559. The molecule has 0 bridgehead atoms. The molecule has 0 atom stereocenters. The maximum absolute atomic E-state index is 12.1. The molecule has 0 aliphatic heterocycles. The Balaban J connectivity index is 1.69. The molecule has 0 unspecified atom stereocenters. The van der Waals surface area contributed by atoms with Crippen molar-refractivity contribution in [1.82, 2.24) is 19.7 Å². The zero-order valence-corrected chi connectivity index (χ0v) is 17.5. The van der Waals surface area contributed by atoms with Gasteiger partial charge in [-0.3, -0.25) is 4.98 Å². The Morgan fingerprint density at radius 3 is 2.59 bits per heavy atom. The molecule has 0 fully saturated rings. The SMILES string of the molecule is CCCn1c(SCc2cc(=O)oc3cc(C)c(C)cc23)nnc1-c1ccncc1. The highest BCUT2D eigenvalue weighted by Gasteiger charge is 2.15. The summed E-state index contributed by atoms with van der Waals surface area (Å²) in [5.41, 5.74) is 4.51. The number of aromatic nitrogens is 4. The minimum absolute atomic E-state index is 0.330. The van der Waals surface area contributed by atoms with Crippen molar-refractivity contribution in [2.75, 3.05) is 0 Å². The molecule has 0 spiro atoms. The monoisotopic (exact) mass is 406 g/mol. The van der Waals surface area contributed by atoms with Crippen molar-refractivity contribution in [2.45, 2.75) is 44.6 Å². The van der Waals surface area contributed by atoms with Gasteiger partial charge in [0.1, 0.15) is 5.58 Å². The van der Waals surface area contributed by atoms with Gasteiger partial charge in [-0.1, -0.05) is 18.7 Å². The summed E-state index contributed by atoms with van der Waals surface area (Å²) < 4.78 is 7.54. The van der Waals surface area contributed by atoms with Crippen molar-refractivity contribution >= 4 is 22.7 Å². The lowest BCUT2D eigenvalue weighted by Crippen LogP contribution is -2.03. The second kappa shape index (κ2) is 8.21. The largest absolute Gasteiger partial charge is 0.423 e. The Morgan fingerprint density at radius 2 is 1.83 bits per heavy atom. The predicted octanol–water partition coefficient (Wildman–Crippen LogP) is 4.77. The molecule has 0 saturated heterocycles. The van der Waals surface area contributed by atoms with Crippen LogP contribution in [0.15, 0.2) is 57.1 Å². The maximum Gasteiger partial charge on any atom is 0.336 e. The Labute approximate surface area is 173 Å². The van der Waals surface area contributed by atoms with E-state index in [0.717, 1.165) is 46.0 Å². The molecule has 4 rings (SSSR count). The van der Waals surface area contributed by atoms with Crippen molar-refractivity contribution in [2.24, 2.45) is 0 Å². The molecule has 3 heterocycles. The third kappa shape index (κ3) is 3.96. The highest BCUT2D eigenvalue weighted by molar-refractivity contribution is 7.98. The van der Waals surface area contributed by atoms with Gasteiger partial charge < -0.3 is 8.98 Å². The van der Waals surface area contributed by atoms with Crippen LogP contribution in [0.5, 0.6) is 0 Å². The van der Waals surface area contributed by atoms with E-state index in [-0.39, 0.29) is 5.63 Å². The van der Waals surface area contributed by atoms with Crippen molar-refractivity contribution < 1.29 is 4.42 Å². The Kier molecular flexibility index (Phi) is 5.49. The van der Waals surface area contributed by atoms with E-state index in [2.05, 4.69) is 39.7 Å². The summed E-state index contributed by atoms with van der Waals surface area (Å²) in [5.74, 6) is 1.45. The molecular formula is C22H22N4O2S. The number of aryl methyl sites for hydroxylation is 2. The summed E-state index contributed by atoms with van der Waals surface area (Å²) >= 11 is 1.58. The molecule has 4 aromatic rings. The smallest absolute Gasteiger partial charge is 0.336 e. The fraction of sp³-hybridized carbons (Fsp3) is 0.273. The van der Waals surface area contributed by atoms with Gasteiger partial charge in [-0.15, -0.1) is 10.2 Å². The van der Waals surface area contributed by atoms with Crippen LogP contribution in [0.2, 0.25) is 0 Å². The van der Waals surface area contributed by atoms with E-state index in [4.69, 9.17) is 4.42 Å². The maximum atomic E-state index is 12.1. The first-order valence-corrected chi connectivity index (χ1v) is 10.6. The number of hydrogen-bond acceptors (Lipinski definition) is 6. The second-order valence-electron chi connectivity index (χ2n) is 7.01. The topological polar surface area (TPSA) is 73.8 Å². The quantitative estimate of drug-likeness (QED) is 0.339. The average Bonchev–Trinajstić information content (AvgIpc) is 3.11. The summed E-state index contributed by atoms with van der Waals surface area (Å²) in [6.07, 6.45) is 4.49. The molecule has 0 amide bonds. The van der Waals surface area contributed by atoms with Crippen LogP contribution >= 0.6 is 11.8 Å². The second-order valence-corrected chi connectivity index (χ2v) is 7.95. The van der Waals surface area contributed by atoms with E-state index in [1.165, 1.54) is 5.56 Å². The molecule has 29 heavy (non-hydrogen) atoms. The van der Waals surface area contributed by atoms with Gasteiger partial charge in [-0.2, -0.15) is 0 Å². The number of fused-ring (bicyclic) bond motifs is 1. The summed E-state index contributed by atoms with van der Waals surface area (Å²) in [7, 11) is 0. The van der Waals surface area contributed by atoms with Crippen LogP contribution in [0, 0.1) is 13.8 Å². The number of benzene rings is 1. The minimum Gasteiger partial charge on any atom is -0.423 e. The van der Waals surface area contributed by atoms with Crippen LogP contribution in [0.3, 0.4) is 0 Å². The van der Waals surface area contributed by atoms with E-state index in [1.807, 2.05) is 25.1 Å². The summed E-state index contributed by atoms with van der Waals surface area (Å²) in [6.45, 7) is 7.04. The third-order valence-electron chi connectivity index (χ3n) is 4.90. The molecule has 6 nitrogen and oxygen atoms in total. The highest BCUT2D eigenvalue weighted by atomic mass is 32.2. The van der Waals surface area contributed by atoms with Crippen LogP contribution in [0.1, 0.15) is 30.0 Å². The van der Waals surface area contributed by atoms with Gasteiger partial charge >= 0.3 is 5.63 Å². The molecule has 1 aromatic carbocycles. The summed E-state index contributed by atoms with van der Waals surface area (Å²) in [5, 5.41) is 10.6. The number of hydrogen-bond donors (Lipinski definition) is 0. The van der Waals surface area contributed by atoms with E-state index in [1.54, 1.807) is 30.2 Å². The van der Waals surface area contributed by atoms with Gasteiger partial charge in [-0.05, 0) is 61.2 Å². The Hall–Kier alpha value is -2.93. The van der Waals surface area contributed by atoms with Crippen molar-refractivity contribution in [1.29, 1.82) is 0 Å². The van der Waals surface area contributed by atoms with Crippen molar-refractivity contribution in [3.8, 4) is 11.4 Å². The summed E-state index contributed by atoms with van der Waals surface area (Å²) in [4.78, 5) is 16.1. The first-order valence-electron chi connectivity index (χ1n) is 9.57. The first kappa shape index (κ1) is 19.4. The van der Waals surface area contributed by atoms with Gasteiger partial charge in [0.2, 0.25) is 0 Å². The summed E-state index contributed by atoms with van der Waals surface area (Å²) in [6, 6.07) is 9.47. The van der Waals surface area contributed by atoms with Crippen LogP contribution in [-0.2, 0) is 12.3 Å². The predicted molar refractivity (Wildman–Crippen MR) is 115 cm³/mol. The molecule has 148 valence electrons. The molecule has 0 aliphatic rings. The normalized spacial score (nSPS) is 11.3. The minimum atomic E-state index is -0.330. The van der Waals surface area contributed by atoms with E-state index >= 15 is 0 Å². The highest BCUT2D eigenvalue weighted by Crippen LogP contribution is 2.29. The van der Waals surface area contributed by atoms with Crippen molar-refractivity contribution in [3.05, 3.63) is 69.8 Å². The van der Waals surface area contributed by atoms with Crippen LogP contribution in [0.4, 0.5) is 0 Å². The number of pyridine rings is 1. The molecule has 3 aromatic heterocycles. The van der Waals surface area contributed by atoms with E-state index in [9.17, 15) is 4.79 Å². The fourth-order valence-electron chi connectivity index (χ4n) is 3.28. The number of thioether (sulfide) groups is 1. The van der Waals surface area contributed by atoms with E-state index < -0.39 is 0 Å². The molecule has 0 N–H and O–H groups in total. The Morgan fingerprint density at radius 1 is 1.07 bits per heavy atom. The van der Waals surface area contributed by atoms with Gasteiger partial charge in [0.15, 0.2) is 11.0 Å². The number of rotatable bonds is 6. The zero-order chi connectivity index (χ0) is 20.4. The third-order valence-corrected chi connectivity index (χ3v) is 5.92. The Bertz CT molecular complexity index is 1210. The van der Waals surface area contributed by atoms with Gasteiger partial charge in [0.05, 0.1) is 0 Å². The standard InChI is InChI=1S/C22H22N4O2S/c1-4-9-26-21(16-5-7-23-8-6-16)24-25-22(26)29-13-17-12-20(27)28-19-11-15(3)14(2)10-18(17)19/h5-8,10-12H,4,9,13H2,1-3H3. The van der Waals surface area contributed by atoms with Crippen LogP contribution in [0.25, 0.3) is 22.4 Å². The number of nitrogens with zero attached hydrogens (tertiary/aromatic N) is 4. The average molecular weight is 407 g/mol. The first-order chi connectivity index (χ1) is 14.1. The van der Waals surface area contributed by atoms with Gasteiger partial charge in [0, 0.05) is 41.7 Å².